The molecule has 0 radical (unpaired) electrons. The second kappa shape index (κ2) is 5.54. The minimum absolute atomic E-state index is 0.259. The SMILES string of the molecule is COC1CC(C(=O)O)N(C(=O)c2ccc(Cl)nc2)C1. The van der Waals surface area contributed by atoms with Crippen LogP contribution in [0.4, 0.5) is 0 Å². The zero-order valence-corrected chi connectivity index (χ0v) is 11.0. The molecule has 7 heteroatoms. The monoisotopic (exact) mass is 284 g/mol. The third-order valence-corrected chi connectivity index (χ3v) is 3.34. The van der Waals surface area contributed by atoms with Crippen LogP contribution >= 0.6 is 11.6 Å². The molecule has 1 aliphatic rings. The summed E-state index contributed by atoms with van der Waals surface area (Å²) in [7, 11) is 1.50. The van der Waals surface area contributed by atoms with Gasteiger partial charge in [-0.3, -0.25) is 4.79 Å². The van der Waals surface area contributed by atoms with Gasteiger partial charge in [0.25, 0.3) is 5.91 Å². The van der Waals surface area contributed by atoms with Gasteiger partial charge in [-0.25, -0.2) is 9.78 Å². The molecule has 2 rings (SSSR count). The number of methoxy groups -OCH3 is 1. The summed E-state index contributed by atoms with van der Waals surface area (Å²) in [5.41, 5.74) is 0.312. The molecular formula is C12H13ClN2O4. The summed E-state index contributed by atoms with van der Waals surface area (Å²) < 4.78 is 5.13. The quantitative estimate of drug-likeness (QED) is 0.839. The fraction of sp³-hybridized carbons (Fsp3) is 0.417. The van der Waals surface area contributed by atoms with Crippen LogP contribution in [0.3, 0.4) is 0 Å². The third-order valence-electron chi connectivity index (χ3n) is 3.12. The van der Waals surface area contributed by atoms with E-state index in [9.17, 15) is 9.59 Å². The number of hydrogen-bond acceptors (Lipinski definition) is 4. The van der Waals surface area contributed by atoms with E-state index in [2.05, 4.69) is 4.98 Å². The number of aromatic nitrogens is 1. The van der Waals surface area contributed by atoms with Gasteiger partial charge < -0.3 is 14.7 Å². The number of hydrogen-bond donors (Lipinski definition) is 1. The average molecular weight is 285 g/mol. The van der Waals surface area contributed by atoms with Crippen molar-refractivity contribution in [2.45, 2.75) is 18.6 Å². The summed E-state index contributed by atoms with van der Waals surface area (Å²) in [4.78, 5) is 28.5. The number of aliphatic carboxylic acids is 1. The van der Waals surface area contributed by atoms with E-state index in [-0.39, 0.29) is 23.7 Å². The van der Waals surface area contributed by atoms with Crippen LogP contribution in [0.2, 0.25) is 5.15 Å². The maximum atomic E-state index is 12.3. The Morgan fingerprint density at radius 2 is 2.26 bits per heavy atom. The smallest absolute Gasteiger partial charge is 0.326 e. The molecule has 1 aromatic heterocycles. The van der Waals surface area contributed by atoms with E-state index in [1.54, 1.807) is 0 Å². The number of nitrogens with zero attached hydrogens (tertiary/aromatic N) is 2. The molecule has 2 atom stereocenters. The summed E-state index contributed by atoms with van der Waals surface area (Å²) in [5.74, 6) is -1.41. The van der Waals surface area contributed by atoms with Gasteiger partial charge in [0.2, 0.25) is 0 Å². The number of carboxylic acids is 1. The van der Waals surface area contributed by atoms with Gasteiger partial charge in [0.1, 0.15) is 11.2 Å². The topological polar surface area (TPSA) is 79.7 Å². The van der Waals surface area contributed by atoms with Crippen LogP contribution < -0.4 is 0 Å². The summed E-state index contributed by atoms with van der Waals surface area (Å²) in [5, 5.41) is 9.43. The fourth-order valence-corrected chi connectivity index (χ4v) is 2.21. The van der Waals surface area contributed by atoms with Crippen LogP contribution in [0.1, 0.15) is 16.8 Å². The van der Waals surface area contributed by atoms with Crippen molar-refractivity contribution < 1.29 is 19.4 Å². The Hall–Kier alpha value is -1.66. The molecule has 2 unspecified atom stereocenters. The van der Waals surface area contributed by atoms with E-state index in [1.807, 2.05) is 0 Å². The van der Waals surface area contributed by atoms with Crippen LogP contribution in [0.25, 0.3) is 0 Å². The summed E-state index contributed by atoms with van der Waals surface area (Å²) >= 11 is 5.65. The lowest BCUT2D eigenvalue weighted by Gasteiger charge is -2.21. The maximum absolute atomic E-state index is 12.3. The van der Waals surface area contributed by atoms with Gasteiger partial charge in [0, 0.05) is 26.3 Å². The second-order valence-electron chi connectivity index (χ2n) is 4.27. The Labute approximate surface area is 114 Å². The minimum atomic E-state index is -1.03. The lowest BCUT2D eigenvalue weighted by atomic mass is 10.2. The molecule has 0 bridgehead atoms. The molecule has 19 heavy (non-hydrogen) atoms. The molecule has 1 saturated heterocycles. The Bertz CT molecular complexity index is 491. The first kappa shape index (κ1) is 13.8. The highest BCUT2D eigenvalue weighted by molar-refractivity contribution is 6.29. The first-order valence-electron chi connectivity index (χ1n) is 5.71. The van der Waals surface area contributed by atoms with Crippen LogP contribution in [-0.2, 0) is 9.53 Å². The van der Waals surface area contributed by atoms with E-state index in [1.165, 1.54) is 30.3 Å². The van der Waals surface area contributed by atoms with Crippen molar-refractivity contribution in [2.24, 2.45) is 0 Å². The molecular weight excluding hydrogens is 272 g/mol. The van der Waals surface area contributed by atoms with E-state index < -0.39 is 12.0 Å². The average Bonchev–Trinajstić information content (AvgIpc) is 2.83. The van der Waals surface area contributed by atoms with Crippen molar-refractivity contribution in [3.8, 4) is 0 Å². The zero-order valence-electron chi connectivity index (χ0n) is 10.2. The Kier molecular flexibility index (Phi) is 4.01. The van der Waals surface area contributed by atoms with Crippen molar-refractivity contribution in [1.29, 1.82) is 0 Å². The molecule has 0 spiro atoms. The van der Waals surface area contributed by atoms with Gasteiger partial charge in [-0.15, -0.1) is 0 Å². The van der Waals surface area contributed by atoms with Crippen molar-refractivity contribution in [3.63, 3.8) is 0 Å². The largest absolute Gasteiger partial charge is 0.480 e. The van der Waals surface area contributed by atoms with Gasteiger partial charge in [-0.1, -0.05) is 11.6 Å². The van der Waals surface area contributed by atoms with Gasteiger partial charge in [0.05, 0.1) is 11.7 Å². The highest BCUT2D eigenvalue weighted by Gasteiger charge is 2.40. The number of pyridine rings is 1. The van der Waals surface area contributed by atoms with Crippen molar-refractivity contribution in [1.82, 2.24) is 9.88 Å². The first-order chi connectivity index (χ1) is 9.02. The number of likely N-dealkylation sites (tertiary alicyclic amines) is 1. The second-order valence-corrected chi connectivity index (χ2v) is 4.66. The summed E-state index contributed by atoms with van der Waals surface area (Å²) in [6.45, 7) is 0.259. The van der Waals surface area contributed by atoms with E-state index in [0.717, 1.165) is 0 Å². The molecule has 1 N–H and O–H groups in total. The molecule has 0 saturated carbocycles. The fourth-order valence-electron chi connectivity index (χ4n) is 2.09. The maximum Gasteiger partial charge on any atom is 0.326 e. The Balaban J connectivity index is 2.21. The number of carboxylic acid groups (broad SMARTS) is 1. The molecule has 1 aliphatic heterocycles. The van der Waals surface area contributed by atoms with Gasteiger partial charge >= 0.3 is 5.97 Å². The molecule has 6 nitrogen and oxygen atoms in total. The van der Waals surface area contributed by atoms with E-state index in [4.69, 9.17) is 21.4 Å². The minimum Gasteiger partial charge on any atom is -0.480 e. The van der Waals surface area contributed by atoms with E-state index in [0.29, 0.717) is 12.0 Å². The van der Waals surface area contributed by atoms with Crippen molar-refractivity contribution >= 4 is 23.5 Å². The number of halogens is 1. The molecule has 1 amide bonds. The third kappa shape index (κ3) is 2.85. The lowest BCUT2D eigenvalue weighted by Crippen LogP contribution is -2.40. The highest BCUT2D eigenvalue weighted by atomic mass is 35.5. The number of rotatable bonds is 3. The molecule has 0 aliphatic carbocycles. The summed E-state index contributed by atoms with van der Waals surface area (Å²) in [6, 6.07) is 2.15. The number of ether oxygens (including phenoxy) is 1. The standard InChI is InChI=1S/C12H13ClN2O4/c1-19-8-4-9(12(17)18)15(6-8)11(16)7-2-3-10(13)14-5-7/h2-3,5,8-9H,4,6H2,1H3,(H,17,18). The Morgan fingerprint density at radius 3 is 2.79 bits per heavy atom. The highest BCUT2D eigenvalue weighted by Crippen LogP contribution is 2.22. The predicted molar refractivity (Wildman–Crippen MR) is 67.1 cm³/mol. The van der Waals surface area contributed by atoms with Crippen molar-refractivity contribution in [2.75, 3.05) is 13.7 Å². The van der Waals surface area contributed by atoms with Crippen LogP contribution in [0.5, 0.6) is 0 Å². The predicted octanol–water partition coefficient (Wildman–Crippen LogP) is 1.05. The van der Waals surface area contributed by atoms with Crippen LogP contribution in [0, 0.1) is 0 Å². The van der Waals surface area contributed by atoms with Gasteiger partial charge in [-0.05, 0) is 12.1 Å². The lowest BCUT2D eigenvalue weighted by molar-refractivity contribution is -0.141. The van der Waals surface area contributed by atoms with Crippen LogP contribution in [0.15, 0.2) is 18.3 Å². The van der Waals surface area contributed by atoms with Crippen molar-refractivity contribution in [3.05, 3.63) is 29.0 Å². The number of carbonyl (C=O) groups is 2. The number of amides is 1. The molecule has 102 valence electrons. The van der Waals surface area contributed by atoms with E-state index >= 15 is 0 Å². The molecule has 1 aromatic rings. The molecule has 1 fully saturated rings. The van der Waals surface area contributed by atoms with Crippen LogP contribution in [-0.4, -0.2) is 52.7 Å². The Morgan fingerprint density at radius 1 is 1.53 bits per heavy atom. The van der Waals surface area contributed by atoms with Gasteiger partial charge in [-0.2, -0.15) is 0 Å². The number of carbonyl (C=O) groups excluding carboxylic acids is 1. The zero-order chi connectivity index (χ0) is 14.0. The first-order valence-corrected chi connectivity index (χ1v) is 6.09. The molecule has 0 aromatic carbocycles. The summed E-state index contributed by atoms with van der Waals surface area (Å²) in [6.07, 6.45) is 1.37. The van der Waals surface area contributed by atoms with Gasteiger partial charge in [0.15, 0.2) is 0 Å². The molecule has 2 heterocycles. The normalized spacial score (nSPS) is 22.5.